The van der Waals surface area contributed by atoms with Gasteiger partial charge in [-0.15, -0.1) is 0 Å². The molecule has 0 atom stereocenters. The number of hydrogen-bond donors (Lipinski definition) is 0. The molecule has 0 N–H and O–H groups in total. The number of rotatable bonds is 3. The maximum Gasteiger partial charge on any atom is 0.0642 e. The van der Waals surface area contributed by atoms with E-state index in [1.807, 2.05) is 6.07 Å². The molecule has 0 amide bonds. The fraction of sp³-hybridized carbons (Fsp3) is 0.538. The second kappa shape index (κ2) is 6.07. The molecule has 0 radical (unpaired) electrons. The van der Waals surface area contributed by atoms with Crippen LogP contribution in [0.1, 0.15) is 18.4 Å². The maximum atomic E-state index is 6.33. The van der Waals surface area contributed by atoms with Crippen molar-refractivity contribution in [1.82, 2.24) is 0 Å². The van der Waals surface area contributed by atoms with Gasteiger partial charge in [0.25, 0.3) is 0 Å². The molecule has 94 valence electrons. The van der Waals surface area contributed by atoms with Crippen molar-refractivity contribution < 1.29 is 4.74 Å². The summed E-state index contributed by atoms with van der Waals surface area (Å²) in [7, 11) is 2.12. The average molecular weight is 319 g/mol. The minimum absolute atomic E-state index is 0.538. The molecule has 2 nitrogen and oxygen atoms in total. The van der Waals surface area contributed by atoms with E-state index in [0.29, 0.717) is 6.04 Å². The molecular weight excluding hydrogens is 302 g/mol. The Balaban J connectivity index is 2.15. The first-order chi connectivity index (χ1) is 8.22. The number of nitrogens with zero attached hydrogens (tertiary/aromatic N) is 1. The van der Waals surface area contributed by atoms with Crippen LogP contribution in [0.4, 0.5) is 5.69 Å². The number of benzene rings is 1. The molecule has 1 saturated heterocycles. The van der Waals surface area contributed by atoms with E-state index in [1.165, 1.54) is 5.56 Å². The van der Waals surface area contributed by atoms with Crippen molar-refractivity contribution in [3.63, 3.8) is 0 Å². The minimum Gasteiger partial charge on any atom is -0.381 e. The third-order valence-electron chi connectivity index (χ3n) is 3.28. The first-order valence-electron chi connectivity index (χ1n) is 5.87. The van der Waals surface area contributed by atoms with Crippen LogP contribution in [0.25, 0.3) is 0 Å². The lowest BCUT2D eigenvalue weighted by Crippen LogP contribution is -2.36. The highest BCUT2D eigenvalue weighted by Crippen LogP contribution is 2.30. The van der Waals surface area contributed by atoms with Crippen LogP contribution in [0.5, 0.6) is 0 Å². The Morgan fingerprint density at radius 3 is 2.71 bits per heavy atom. The Labute approximate surface area is 116 Å². The minimum atomic E-state index is 0.538. The van der Waals surface area contributed by atoms with E-state index in [-0.39, 0.29) is 0 Å². The van der Waals surface area contributed by atoms with Gasteiger partial charge in [-0.1, -0.05) is 33.6 Å². The van der Waals surface area contributed by atoms with E-state index in [1.54, 1.807) is 0 Å². The Morgan fingerprint density at radius 2 is 2.12 bits per heavy atom. The van der Waals surface area contributed by atoms with Gasteiger partial charge in [-0.2, -0.15) is 0 Å². The molecule has 0 aromatic heterocycles. The van der Waals surface area contributed by atoms with Gasteiger partial charge >= 0.3 is 0 Å². The van der Waals surface area contributed by atoms with Gasteiger partial charge in [-0.3, -0.25) is 0 Å². The van der Waals surface area contributed by atoms with Crippen molar-refractivity contribution in [2.45, 2.75) is 24.2 Å². The van der Waals surface area contributed by atoms with Crippen LogP contribution < -0.4 is 4.90 Å². The summed E-state index contributed by atoms with van der Waals surface area (Å²) in [6.07, 6.45) is 2.15. The quantitative estimate of drug-likeness (QED) is 0.785. The van der Waals surface area contributed by atoms with Gasteiger partial charge in [0.05, 0.1) is 10.7 Å². The van der Waals surface area contributed by atoms with Gasteiger partial charge in [-0.05, 0) is 30.5 Å². The molecule has 2 rings (SSSR count). The predicted octanol–water partition coefficient (Wildman–Crippen LogP) is 3.85. The maximum absolute atomic E-state index is 6.33. The molecular formula is C13H17BrClNO. The van der Waals surface area contributed by atoms with Crippen LogP contribution in [0.15, 0.2) is 18.2 Å². The van der Waals surface area contributed by atoms with Crippen LogP contribution in [0, 0.1) is 0 Å². The van der Waals surface area contributed by atoms with Crippen LogP contribution >= 0.6 is 27.5 Å². The Morgan fingerprint density at radius 1 is 1.41 bits per heavy atom. The van der Waals surface area contributed by atoms with E-state index in [4.69, 9.17) is 16.3 Å². The van der Waals surface area contributed by atoms with Gasteiger partial charge in [0.1, 0.15) is 0 Å². The molecule has 1 aliphatic rings. The van der Waals surface area contributed by atoms with Gasteiger partial charge in [-0.25, -0.2) is 0 Å². The predicted molar refractivity (Wildman–Crippen MR) is 76.3 cm³/mol. The lowest BCUT2D eigenvalue weighted by molar-refractivity contribution is 0.0855. The second-order valence-corrected chi connectivity index (χ2v) is 5.34. The van der Waals surface area contributed by atoms with E-state index >= 15 is 0 Å². The molecule has 1 fully saturated rings. The zero-order valence-electron chi connectivity index (χ0n) is 9.96. The summed E-state index contributed by atoms with van der Waals surface area (Å²) in [6, 6.07) is 6.79. The molecule has 4 heteroatoms. The first kappa shape index (κ1) is 13.2. The van der Waals surface area contributed by atoms with Crippen LogP contribution in [-0.4, -0.2) is 26.3 Å². The third kappa shape index (κ3) is 3.15. The standard InChI is InChI=1S/C13H17BrClNO/c1-16(11-4-6-17-7-5-11)13-3-2-10(9-14)8-12(13)15/h2-3,8,11H,4-7,9H2,1H3. The summed E-state index contributed by atoms with van der Waals surface area (Å²) in [5.41, 5.74) is 2.32. The Hall–Kier alpha value is -0.250. The Bertz CT molecular complexity index is 380. The van der Waals surface area contributed by atoms with E-state index in [9.17, 15) is 0 Å². The van der Waals surface area contributed by atoms with Gasteiger partial charge < -0.3 is 9.64 Å². The van der Waals surface area contributed by atoms with Crippen molar-refractivity contribution in [2.24, 2.45) is 0 Å². The van der Waals surface area contributed by atoms with Crippen LogP contribution in [0.3, 0.4) is 0 Å². The summed E-state index contributed by atoms with van der Waals surface area (Å²) in [6.45, 7) is 1.71. The van der Waals surface area contributed by atoms with Gasteiger partial charge in [0.15, 0.2) is 0 Å². The Kier molecular flexibility index (Phi) is 4.71. The molecule has 1 aliphatic heterocycles. The fourth-order valence-corrected chi connectivity index (χ4v) is 2.87. The highest BCUT2D eigenvalue weighted by Gasteiger charge is 2.20. The molecule has 0 unspecified atom stereocenters. The smallest absolute Gasteiger partial charge is 0.0642 e. The number of alkyl halides is 1. The van der Waals surface area contributed by atoms with Gasteiger partial charge in [0, 0.05) is 31.6 Å². The SMILES string of the molecule is CN(c1ccc(CBr)cc1Cl)C1CCOCC1. The lowest BCUT2D eigenvalue weighted by Gasteiger charge is -2.33. The zero-order valence-corrected chi connectivity index (χ0v) is 12.3. The topological polar surface area (TPSA) is 12.5 Å². The fourth-order valence-electron chi connectivity index (χ4n) is 2.19. The molecule has 1 aromatic rings. The molecule has 0 aliphatic carbocycles. The van der Waals surface area contributed by atoms with Crippen molar-refractivity contribution >= 4 is 33.2 Å². The largest absolute Gasteiger partial charge is 0.381 e. The molecule has 0 bridgehead atoms. The number of anilines is 1. The summed E-state index contributed by atoms with van der Waals surface area (Å²) in [5, 5.41) is 1.67. The van der Waals surface area contributed by atoms with Crippen molar-refractivity contribution in [3.8, 4) is 0 Å². The van der Waals surface area contributed by atoms with E-state index < -0.39 is 0 Å². The first-order valence-corrected chi connectivity index (χ1v) is 7.37. The highest BCUT2D eigenvalue weighted by atomic mass is 79.9. The van der Waals surface area contributed by atoms with E-state index in [2.05, 4.69) is 40.0 Å². The van der Waals surface area contributed by atoms with Crippen molar-refractivity contribution in [1.29, 1.82) is 0 Å². The van der Waals surface area contributed by atoms with Gasteiger partial charge in [0.2, 0.25) is 0 Å². The van der Waals surface area contributed by atoms with Crippen molar-refractivity contribution in [3.05, 3.63) is 28.8 Å². The molecule has 1 heterocycles. The molecule has 1 aromatic carbocycles. The third-order valence-corrected chi connectivity index (χ3v) is 4.24. The molecule has 0 saturated carbocycles. The van der Waals surface area contributed by atoms with E-state index in [0.717, 1.165) is 42.1 Å². The number of hydrogen-bond acceptors (Lipinski definition) is 2. The summed E-state index contributed by atoms with van der Waals surface area (Å²) in [5.74, 6) is 0. The lowest BCUT2D eigenvalue weighted by atomic mass is 10.1. The van der Waals surface area contributed by atoms with Crippen LogP contribution in [-0.2, 0) is 10.1 Å². The highest BCUT2D eigenvalue weighted by molar-refractivity contribution is 9.08. The molecule has 17 heavy (non-hydrogen) atoms. The molecule has 0 spiro atoms. The number of halogens is 2. The van der Waals surface area contributed by atoms with Crippen molar-refractivity contribution in [2.75, 3.05) is 25.2 Å². The van der Waals surface area contributed by atoms with Crippen LogP contribution in [0.2, 0.25) is 5.02 Å². The monoisotopic (exact) mass is 317 g/mol. The second-order valence-electron chi connectivity index (χ2n) is 4.37. The summed E-state index contributed by atoms with van der Waals surface area (Å²) < 4.78 is 5.39. The summed E-state index contributed by atoms with van der Waals surface area (Å²) >= 11 is 9.77. The average Bonchev–Trinajstić information content (AvgIpc) is 2.39. The zero-order chi connectivity index (χ0) is 12.3. The summed E-state index contributed by atoms with van der Waals surface area (Å²) in [4.78, 5) is 2.28. The number of ether oxygens (including phenoxy) is 1. The normalized spacial score (nSPS) is 17.1.